The van der Waals surface area contributed by atoms with Crippen molar-refractivity contribution >= 4 is 11.6 Å². The molecule has 2 aliphatic rings. The summed E-state index contributed by atoms with van der Waals surface area (Å²) in [4.78, 5) is 17.6. The molecule has 4 heterocycles. The summed E-state index contributed by atoms with van der Waals surface area (Å²) in [5.41, 5.74) is 4.16. The smallest absolute Gasteiger partial charge is 0.259 e. The zero-order chi connectivity index (χ0) is 18.9. The average Bonchev–Trinajstić information content (AvgIpc) is 3.47. The lowest BCUT2D eigenvalue weighted by molar-refractivity contribution is 0.102. The zero-order valence-corrected chi connectivity index (χ0v) is 15.6. The highest BCUT2D eigenvalue weighted by Gasteiger charge is 2.25. The number of H-pyrrole nitrogens is 1. The van der Waals surface area contributed by atoms with Crippen LogP contribution in [0, 0.1) is 0 Å². The Morgan fingerprint density at radius 2 is 2.29 bits per heavy atom. The maximum Gasteiger partial charge on any atom is 0.259 e. The SMILES string of the molecule is O=C(Nc1cccc(-c2cn3c(n2)CCCC3)c1)c1cn[nH]c1C1CCOC1. The number of aromatic amines is 1. The molecule has 0 saturated carbocycles. The van der Waals surface area contributed by atoms with Crippen molar-refractivity contribution < 1.29 is 9.53 Å². The molecule has 2 N–H and O–H groups in total. The van der Waals surface area contributed by atoms with E-state index < -0.39 is 0 Å². The predicted octanol–water partition coefficient (Wildman–Crippen LogP) is 3.37. The first-order valence-electron chi connectivity index (χ1n) is 9.87. The number of carbonyl (C=O) groups is 1. The predicted molar refractivity (Wildman–Crippen MR) is 105 cm³/mol. The van der Waals surface area contributed by atoms with Crippen molar-refractivity contribution in [1.29, 1.82) is 0 Å². The summed E-state index contributed by atoms with van der Waals surface area (Å²) in [5, 5.41) is 10.1. The van der Waals surface area contributed by atoms with Gasteiger partial charge in [0.25, 0.3) is 5.91 Å². The number of benzene rings is 1. The Balaban J connectivity index is 1.36. The van der Waals surface area contributed by atoms with Crippen molar-refractivity contribution in [2.75, 3.05) is 18.5 Å². The summed E-state index contributed by atoms with van der Waals surface area (Å²) in [6, 6.07) is 7.86. The van der Waals surface area contributed by atoms with Gasteiger partial charge in [0.1, 0.15) is 5.82 Å². The second-order valence-electron chi connectivity index (χ2n) is 7.49. The van der Waals surface area contributed by atoms with E-state index in [9.17, 15) is 4.79 Å². The number of amides is 1. The lowest BCUT2D eigenvalue weighted by atomic mass is 10.0. The molecule has 144 valence electrons. The fourth-order valence-corrected chi connectivity index (χ4v) is 4.06. The summed E-state index contributed by atoms with van der Waals surface area (Å²) in [5.74, 6) is 1.20. The second-order valence-corrected chi connectivity index (χ2v) is 7.49. The molecule has 3 aromatic rings. The first-order valence-corrected chi connectivity index (χ1v) is 9.87. The van der Waals surface area contributed by atoms with Crippen molar-refractivity contribution in [3.8, 4) is 11.3 Å². The standard InChI is InChI=1S/C21H23N5O2/c27-21(17-11-22-25-20(17)15-7-9-28-13-15)23-16-5-3-4-14(10-16)18-12-26-8-2-1-6-19(26)24-18/h3-5,10-12,15H,1-2,6-9,13H2,(H,22,25)(H,23,27). The van der Waals surface area contributed by atoms with E-state index in [0.717, 1.165) is 54.5 Å². The van der Waals surface area contributed by atoms with Crippen LogP contribution in [0.1, 0.15) is 47.1 Å². The van der Waals surface area contributed by atoms with E-state index in [0.29, 0.717) is 12.2 Å². The monoisotopic (exact) mass is 377 g/mol. The minimum Gasteiger partial charge on any atom is -0.381 e. The van der Waals surface area contributed by atoms with Gasteiger partial charge in [-0.2, -0.15) is 5.10 Å². The van der Waals surface area contributed by atoms with E-state index in [1.54, 1.807) is 6.20 Å². The van der Waals surface area contributed by atoms with Crippen molar-refractivity contribution in [3.05, 3.63) is 53.7 Å². The minimum absolute atomic E-state index is 0.156. The number of ether oxygens (including phenoxy) is 1. The molecule has 5 rings (SSSR count). The summed E-state index contributed by atoms with van der Waals surface area (Å²) in [6.45, 7) is 2.39. The number of aromatic nitrogens is 4. The Bertz CT molecular complexity index is 976. The normalized spacial score (nSPS) is 18.8. The van der Waals surface area contributed by atoms with Crippen LogP contribution in [0.2, 0.25) is 0 Å². The van der Waals surface area contributed by atoms with Gasteiger partial charge in [0.15, 0.2) is 0 Å². The van der Waals surface area contributed by atoms with Gasteiger partial charge in [-0.15, -0.1) is 0 Å². The zero-order valence-electron chi connectivity index (χ0n) is 15.6. The molecule has 1 saturated heterocycles. The van der Waals surface area contributed by atoms with E-state index in [1.807, 2.05) is 24.3 Å². The Morgan fingerprint density at radius 3 is 3.14 bits per heavy atom. The van der Waals surface area contributed by atoms with Crippen LogP contribution in [0.4, 0.5) is 5.69 Å². The van der Waals surface area contributed by atoms with Crippen LogP contribution in [0.5, 0.6) is 0 Å². The molecule has 1 atom stereocenters. The van der Waals surface area contributed by atoms with Gasteiger partial charge in [-0.25, -0.2) is 4.98 Å². The molecule has 1 fully saturated rings. The lowest BCUT2D eigenvalue weighted by Gasteiger charge is -2.11. The van der Waals surface area contributed by atoms with Crippen LogP contribution in [-0.4, -0.2) is 38.9 Å². The molecular formula is C21H23N5O2. The van der Waals surface area contributed by atoms with Crippen molar-refractivity contribution in [2.45, 2.75) is 38.1 Å². The summed E-state index contributed by atoms with van der Waals surface area (Å²) >= 11 is 0. The number of rotatable bonds is 4. The van der Waals surface area contributed by atoms with Crippen LogP contribution >= 0.6 is 0 Å². The number of nitrogens with zero attached hydrogens (tertiary/aromatic N) is 3. The Hall–Kier alpha value is -2.93. The summed E-state index contributed by atoms with van der Waals surface area (Å²) in [7, 11) is 0. The number of hydrogen-bond donors (Lipinski definition) is 2. The molecule has 0 aliphatic carbocycles. The van der Waals surface area contributed by atoms with Crippen LogP contribution in [0.25, 0.3) is 11.3 Å². The van der Waals surface area contributed by atoms with E-state index in [2.05, 4.69) is 26.3 Å². The number of nitrogens with one attached hydrogen (secondary N) is 2. The van der Waals surface area contributed by atoms with Gasteiger partial charge in [-0.3, -0.25) is 9.89 Å². The maximum atomic E-state index is 12.8. The number of anilines is 1. The summed E-state index contributed by atoms with van der Waals surface area (Å²) < 4.78 is 7.69. The number of fused-ring (bicyclic) bond motifs is 1. The molecule has 1 unspecified atom stereocenters. The van der Waals surface area contributed by atoms with Crippen LogP contribution < -0.4 is 5.32 Å². The largest absolute Gasteiger partial charge is 0.381 e. The van der Waals surface area contributed by atoms with Crippen LogP contribution in [-0.2, 0) is 17.7 Å². The molecule has 2 aromatic heterocycles. The first kappa shape index (κ1) is 17.2. The maximum absolute atomic E-state index is 12.8. The number of carbonyl (C=O) groups excluding carboxylic acids is 1. The topological polar surface area (TPSA) is 84.8 Å². The Labute approximate surface area is 163 Å². The lowest BCUT2D eigenvalue weighted by Crippen LogP contribution is -2.15. The quantitative estimate of drug-likeness (QED) is 0.730. The molecular weight excluding hydrogens is 354 g/mol. The Kier molecular flexibility index (Phi) is 4.44. The van der Waals surface area contributed by atoms with Crippen LogP contribution in [0.15, 0.2) is 36.7 Å². The number of aryl methyl sites for hydroxylation is 2. The molecule has 0 spiro atoms. The molecule has 7 heteroatoms. The molecule has 1 amide bonds. The van der Waals surface area contributed by atoms with Crippen LogP contribution in [0.3, 0.4) is 0 Å². The van der Waals surface area contributed by atoms with E-state index in [4.69, 9.17) is 9.72 Å². The highest BCUT2D eigenvalue weighted by atomic mass is 16.5. The number of hydrogen-bond acceptors (Lipinski definition) is 4. The van der Waals surface area contributed by atoms with E-state index in [-0.39, 0.29) is 11.8 Å². The van der Waals surface area contributed by atoms with Crippen molar-refractivity contribution in [3.63, 3.8) is 0 Å². The molecule has 0 radical (unpaired) electrons. The molecule has 28 heavy (non-hydrogen) atoms. The van der Waals surface area contributed by atoms with E-state index in [1.165, 1.54) is 12.8 Å². The third-order valence-corrected chi connectivity index (χ3v) is 5.58. The molecule has 2 aliphatic heterocycles. The second kappa shape index (κ2) is 7.24. The van der Waals surface area contributed by atoms with Gasteiger partial charge < -0.3 is 14.6 Å². The van der Waals surface area contributed by atoms with Gasteiger partial charge in [0.05, 0.1) is 29.8 Å². The third-order valence-electron chi connectivity index (χ3n) is 5.58. The van der Waals surface area contributed by atoms with Crippen molar-refractivity contribution in [1.82, 2.24) is 19.7 Å². The van der Waals surface area contributed by atoms with E-state index >= 15 is 0 Å². The fraction of sp³-hybridized carbons (Fsp3) is 0.381. The average molecular weight is 377 g/mol. The minimum atomic E-state index is -0.156. The van der Waals surface area contributed by atoms with Crippen molar-refractivity contribution in [2.24, 2.45) is 0 Å². The molecule has 7 nitrogen and oxygen atoms in total. The van der Waals surface area contributed by atoms with Gasteiger partial charge in [-0.1, -0.05) is 12.1 Å². The highest BCUT2D eigenvalue weighted by Crippen LogP contribution is 2.28. The van der Waals surface area contributed by atoms with Gasteiger partial charge in [-0.05, 0) is 31.4 Å². The first-order chi connectivity index (χ1) is 13.8. The third kappa shape index (κ3) is 3.22. The van der Waals surface area contributed by atoms with Gasteiger partial charge in [0, 0.05) is 42.9 Å². The Morgan fingerprint density at radius 1 is 1.32 bits per heavy atom. The highest BCUT2D eigenvalue weighted by molar-refractivity contribution is 6.05. The molecule has 1 aromatic carbocycles. The summed E-state index contributed by atoms with van der Waals surface area (Å²) in [6.07, 6.45) is 8.05. The number of imidazole rings is 1. The fourth-order valence-electron chi connectivity index (χ4n) is 4.06. The van der Waals surface area contributed by atoms with Gasteiger partial charge >= 0.3 is 0 Å². The van der Waals surface area contributed by atoms with Gasteiger partial charge in [0.2, 0.25) is 0 Å². The molecule has 0 bridgehead atoms.